The zero-order valence-corrected chi connectivity index (χ0v) is 16.5. The van der Waals surface area contributed by atoms with Crippen LogP contribution in [0.4, 0.5) is 19.4 Å². The SMILES string of the molecule is C[C@H](Cc1ccc2c(c1)OCCn1cc(N3C(=O)OC[C@H]3C(F)F)nc1-2)C(=O)[O-].[NH4+]. The molecule has 0 bridgehead atoms. The number of amides is 1. The van der Waals surface area contributed by atoms with E-state index >= 15 is 0 Å². The number of imidazole rings is 1. The zero-order valence-electron chi connectivity index (χ0n) is 16.5. The van der Waals surface area contributed by atoms with E-state index in [-0.39, 0.29) is 18.4 Å². The van der Waals surface area contributed by atoms with Crippen molar-refractivity contribution in [2.45, 2.75) is 32.4 Å². The molecule has 0 unspecified atom stereocenters. The fraction of sp³-hybridized carbons (Fsp3) is 0.421. The highest BCUT2D eigenvalue weighted by atomic mass is 19.3. The molecule has 0 saturated carbocycles. The van der Waals surface area contributed by atoms with Crippen LogP contribution in [0.5, 0.6) is 5.75 Å². The van der Waals surface area contributed by atoms with Crippen molar-refractivity contribution in [2.24, 2.45) is 5.92 Å². The van der Waals surface area contributed by atoms with Gasteiger partial charge in [0.05, 0.1) is 12.1 Å². The molecule has 162 valence electrons. The summed E-state index contributed by atoms with van der Waals surface area (Å²) in [4.78, 5) is 28.2. The lowest BCUT2D eigenvalue weighted by Crippen LogP contribution is -2.38. The summed E-state index contributed by atoms with van der Waals surface area (Å²) in [7, 11) is 0. The molecular formula is C19H22F2N4O5. The summed E-state index contributed by atoms with van der Waals surface area (Å²) in [5.74, 6) is -0.708. The standard InChI is InChI=1S/C19H19F2N3O5.H3N/c1-10(18(25)26)6-11-2-3-12-14(7-11)28-5-4-23-8-15(22-17(12)23)24-13(16(20)21)9-29-19(24)27;/h2-3,7-8,10,13,16H,4-6,9H2,1H3,(H,25,26);1H3/t10-,13+;/m1./s1. The van der Waals surface area contributed by atoms with Crippen molar-refractivity contribution in [1.29, 1.82) is 0 Å². The van der Waals surface area contributed by atoms with E-state index in [0.29, 0.717) is 30.3 Å². The van der Waals surface area contributed by atoms with Gasteiger partial charge in [-0.15, -0.1) is 0 Å². The zero-order chi connectivity index (χ0) is 20.7. The molecule has 30 heavy (non-hydrogen) atoms. The summed E-state index contributed by atoms with van der Waals surface area (Å²) >= 11 is 0. The summed E-state index contributed by atoms with van der Waals surface area (Å²) in [5.41, 5.74) is 1.39. The highest BCUT2D eigenvalue weighted by molar-refractivity contribution is 5.89. The number of cyclic esters (lactones) is 1. The lowest BCUT2D eigenvalue weighted by molar-refractivity contribution is -0.310. The number of halogens is 2. The van der Waals surface area contributed by atoms with Crippen LogP contribution in [0.15, 0.2) is 24.4 Å². The van der Waals surface area contributed by atoms with Gasteiger partial charge in [-0.1, -0.05) is 13.0 Å². The number of carboxylic acid groups (broad SMARTS) is 1. The second-order valence-corrected chi connectivity index (χ2v) is 7.07. The molecule has 4 N–H and O–H groups in total. The van der Waals surface area contributed by atoms with E-state index in [1.165, 1.54) is 6.20 Å². The smallest absolute Gasteiger partial charge is 0.416 e. The number of aliphatic carboxylic acids is 1. The molecule has 4 rings (SSSR count). The number of benzene rings is 1. The van der Waals surface area contributed by atoms with Gasteiger partial charge in [-0.05, 0) is 30.0 Å². The number of anilines is 1. The van der Waals surface area contributed by atoms with Gasteiger partial charge in [-0.3, -0.25) is 0 Å². The van der Waals surface area contributed by atoms with E-state index in [2.05, 4.69) is 4.98 Å². The second kappa shape index (κ2) is 8.27. The van der Waals surface area contributed by atoms with Crippen LogP contribution in [-0.2, 0) is 22.5 Å². The van der Waals surface area contributed by atoms with E-state index in [1.54, 1.807) is 29.7 Å². The number of aromatic nitrogens is 2. The first-order valence-corrected chi connectivity index (χ1v) is 9.13. The Hall–Kier alpha value is -3.21. The minimum absolute atomic E-state index is 0. The van der Waals surface area contributed by atoms with Crippen LogP contribution >= 0.6 is 0 Å². The summed E-state index contributed by atoms with van der Waals surface area (Å²) in [6, 6.07) is 3.86. The predicted octanol–water partition coefficient (Wildman–Crippen LogP) is 1.84. The Balaban J connectivity index is 0.00000256. The van der Waals surface area contributed by atoms with E-state index < -0.39 is 37.1 Å². The van der Waals surface area contributed by atoms with Crippen molar-refractivity contribution < 1.29 is 33.0 Å². The molecule has 2 aliphatic rings. The molecule has 1 aromatic heterocycles. The predicted molar refractivity (Wildman–Crippen MR) is 101 cm³/mol. The van der Waals surface area contributed by atoms with Gasteiger partial charge in [0.25, 0.3) is 6.43 Å². The average Bonchev–Trinajstić information content (AvgIpc) is 3.21. The molecule has 1 saturated heterocycles. The van der Waals surface area contributed by atoms with Crippen molar-refractivity contribution in [3.05, 3.63) is 30.0 Å². The Kier molecular flexibility index (Phi) is 5.92. The topological polar surface area (TPSA) is 133 Å². The molecule has 2 aromatic rings. The number of carbonyl (C=O) groups excluding carboxylic acids is 2. The molecule has 3 heterocycles. The average molecular weight is 424 g/mol. The van der Waals surface area contributed by atoms with Gasteiger partial charge in [0.2, 0.25) is 0 Å². The quantitative estimate of drug-likeness (QED) is 0.779. The molecule has 2 aliphatic heterocycles. The maximum Gasteiger partial charge on any atom is 0.416 e. The molecule has 1 fully saturated rings. The third-order valence-corrected chi connectivity index (χ3v) is 5.03. The van der Waals surface area contributed by atoms with Crippen LogP contribution in [-0.4, -0.2) is 47.3 Å². The first kappa shape index (κ1) is 21.5. The maximum atomic E-state index is 13.3. The Morgan fingerprint density at radius 3 is 2.83 bits per heavy atom. The minimum atomic E-state index is -2.76. The van der Waals surface area contributed by atoms with Crippen molar-refractivity contribution >= 4 is 17.9 Å². The van der Waals surface area contributed by atoms with Crippen LogP contribution in [0, 0.1) is 5.92 Å². The number of carboxylic acids is 1. The molecule has 2 atom stereocenters. The van der Waals surface area contributed by atoms with Gasteiger partial charge in [-0.2, -0.15) is 0 Å². The van der Waals surface area contributed by atoms with Crippen molar-refractivity contribution in [3.63, 3.8) is 0 Å². The number of hydrogen-bond acceptors (Lipinski definition) is 6. The molecular weight excluding hydrogens is 402 g/mol. The Labute approximate surface area is 170 Å². The molecule has 0 radical (unpaired) electrons. The van der Waals surface area contributed by atoms with Crippen LogP contribution < -0.4 is 20.9 Å². The lowest BCUT2D eigenvalue weighted by atomic mass is 9.99. The highest BCUT2D eigenvalue weighted by Gasteiger charge is 2.42. The first-order valence-electron chi connectivity index (χ1n) is 9.13. The normalized spacial score (nSPS) is 18.6. The number of fused-ring (bicyclic) bond motifs is 3. The minimum Gasteiger partial charge on any atom is -0.550 e. The number of quaternary nitrogens is 1. The van der Waals surface area contributed by atoms with Crippen LogP contribution in [0.25, 0.3) is 11.4 Å². The number of hydrogen-bond donors (Lipinski definition) is 1. The number of alkyl halides is 2. The van der Waals surface area contributed by atoms with Crippen molar-refractivity contribution in [3.8, 4) is 17.1 Å². The van der Waals surface area contributed by atoms with Crippen LogP contribution in [0.1, 0.15) is 12.5 Å². The molecule has 0 spiro atoms. The third-order valence-electron chi connectivity index (χ3n) is 5.03. The highest BCUT2D eigenvalue weighted by Crippen LogP contribution is 2.36. The molecule has 1 aromatic carbocycles. The molecule has 9 nitrogen and oxygen atoms in total. The Morgan fingerprint density at radius 1 is 1.37 bits per heavy atom. The van der Waals surface area contributed by atoms with Gasteiger partial charge in [0.15, 0.2) is 5.82 Å². The van der Waals surface area contributed by atoms with Gasteiger partial charge in [0, 0.05) is 12.2 Å². The Morgan fingerprint density at radius 2 is 2.13 bits per heavy atom. The van der Waals surface area contributed by atoms with E-state index in [1.807, 2.05) is 0 Å². The lowest BCUT2D eigenvalue weighted by Gasteiger charge is -2.17. The number of carbonyl (C=O) groups is 2. The summed E-state index contributed by atoms with van der Waals surface area (Å²) in [6.45, 7) is 1.88. The fourth-order valence-corrected chi connectivity index (χ4v) is 3.48. The number of ether oxygens (including phenoxy) is 2. The monoisotopic (exact) mass is 424 g/mol. The van der Waals surface area contributed by atoms with Crippen molar-refractivity contribution in [2.75, 3.05) is 18.1 Å². The van der Waals surface area contributed by atoms with Crippen LogP contribution in [0.2, 0.25) is 0 Å². The third kappa shape index (κ3) is 3.80. The molecule has 11 heteroatoms. The number of rotatable bonds is 5. The van der Waals surface area contributed by atoms with Crippen molar-refractivity contribution in [1.82, 2.24) is 15.7 Å². The Bertz CT molecular complexity index is 964. The van der Waals surface area contributed by atoms with E-state index in [4.69, 9.17) is 9.47 Å². The molecule has 1 amide bonds. The fourth-order valence-electron chi connectivity index (χ4n) is 3.48. The summed E-state index contributed by atoms with van der Waals surface area (Å²) < 4.78 is 38.8. The largest absolute Gasteiger partial charge is 0.550 e. The van der Waals surface area contributed by atoms with Gasteiger partial charge in [-0.25, -0.2) is 23.5 Å². The maximum absolute atomic E-state index is 13.3. The summed E-state index contributed by atoms with van der Waals surface area (Å²) in [6.07, 6.45) is -1.80. The second-order valence-electron chi connectivity index (χ2n) is 7.07. The van der Waals surface area contributed by atoms with Gasteiger partial charge in [0.1, 0.15) is 30.8 Å². The van der Waals surface area contributed by atoms with E-state index in [0.717, 1.165) is 10.5 Å². The van der Waals surface area contributed by atoms with Gasteiger partial charge < -0.3 is 30.1 Å². The van der Waals surface area contributed by atoms with Gasteiger partial charge >= 0.3 is 6.09 Å². The summed E-state index contributed by atoms with van der Waals surface area (Å²) in [5, 5.41) is 11.0. The first-order chi connectivity index (χ1) is 13.8. The number of nitrogens with zero attached hydrogens (tertiary/aromatic N) is 3. The van der Waals surface area contributed by atoms with E-state index in [9.17, 15) is 23.5 Å². The van der Waals surface area contributed by atoms with Crippen LogP contribution in [0.3, 0.4) is 0 Å². The molecule has 0 aliphatic carbocycles.